The van der Waals surface area contributed by atoms with Crippen LogP contribution in [0.15, 0.2) is 142 Å². The summed E-state index contributed by atoms with van der Waals surface area (Å²) in [7, 11) is 0. The van der Waals surface area contributed by atoms with Crippen LogP contribution in [0.3, 0.4) is 0 Å². The molecule has 0 radical (unpaired) electrons. The van der Waals surface area contributed by atoms with E-state index in [4.69, 9.17) is 0 Å². The van der Waals surface area contributed by atoms with E-state index in [0.717, 1.165) is 92.4 Å². The molecule has 9 aromatic rings. The van der Waals surface area contributed by atoms with E-state index in [9.17, 15) is 28.8 Å². The van der Waals surface area contributed by atoms with Gasteiger partial charge in [0.1, 0.15) is 0 Å². The number of hydrogen-bond acceptors (Lipinski definition) is 9. The molecule has 6 nitrogen and oxygen atoms in total. The van der Waals surface area contributed by atoms with Gasteiger partial charge < -0.3 is 0 Å². The number of carbonyl (C=O) groups excluding carboxylic acids is 3. The van der Waals surface area contributed by atoms with Gasteiger partial charge >= 0.3 is 0 Å². The highest BCUT2D eigenvalue weighted by atomic mass is 32.1. The summed E-state index contributed by atoms with van der Waals surface area (Å²) >= 11 is 4.64. The van der Waals surface area contributed by atoms with Gasteiger partial charge in [-0.25, -0.2) is 0 Å². The molecule has 0 N–H and O–H groups in total. The monoisotopic (exact) mass is 1050 g/mol. The zero-order chi connectivity index (χ0) is 53.0. The molecular weight excluding hydrogens is 985 g/mol. The van der Waals surface area contributed by atoms with Gasteiger partial charge in [-0.1, -0.05) is 122 Å². The zero-order valence-electron chi connectivity index (χ0n) is 44.2. The highest BCUT2D eigenvalue weighted by Crippen LogP contribution is 2.37. The quantitative estimate of drug-likeness (QED) is 0.0525. The summed E-state index contributed by atoms with van der Waals surface area (Å²) in [5.41, 5.74) is 2.06. The predicted molar refractivity (Wildman–Crippen MR) is 319 cm³/mol. The van der Waals surface area contributed by atoms with Crippen LogP contribution < -0.4 is 16.3 Å². The van der Waals surface area contributed by atoms with Gasteiger partial charge in [-0.15, -0.1) is 34.0 Å². The summed E-state index contributed by atoms with van der Waals surface area (Å²) in [5.74, 6) is 1.10. The highest BCUT2D eigenvalue weighted by molar-refractivity contribution is 7.25. The summed E-state index contributed by atoms with van der Waals surface area (Å²) in [6, 6.07) is 39.5. The summed E-state index contributed by atoms with van der Waals surface area (Å²) < 4.78 is 5.20. The van der Waals surface area contributed by atoms with Crippen LogP contribution in [0.25, 0.3) is 60.5 Å². The topological polar surface area (TPSA) is 102 Å². The first kappa shape index (κ1) is 53.8. The second-order valence-corrected chi connectivity index (χ2v) is 26.7. The Balaban J connectivity index is 0.924. The molecule has 6 aromatic carbocycles. The average Bonchev–Trinajstić information content (AvgIpc) is 3.39. The number of hydrogen-bond donors (Lipinski definition) is 0. The minimum Gasteiger partial charge on any atom is -0.294 e. The third kappa shape index (κ3) is 13.2. The Kier molecular flexibility index (Phi) is 16.6. The fraction of sp³-hybridized carbons (Fsp3) is 0.364. The smallest absolute Gasteiger partial charge is 0.195 e. The molecule has 75 heavy (non-hydrogen) atoms. The van der Waals surface area contributed by atoms with Crippen LogP contribution in [-0.4, -0.2) is 17.3 Å². The third-order valence-electron chi connectivity index (χ3n) is 15.2. The van der Waals surface area contributed by atoms with Crippen LogP contribution in [0.4, 0.5) is 0 Å². The molecule has 3 atom stereocenters. The van der Waals surface area contributed by atoms with Gasteiger partial charge in [-0.05, 0) is 140 Å². The van der Waals surface area contributed by atoms with Gasteiger partial charge in [0.2, 0.25) is 0 Å². The number of carbonyl (C=O) groups is 3. The lowest BCUT2D eigenvalue weighted by atomic mass is 9.77. The first-order chi connectivity index (χ1) is 35.9. The number of Topliss-reactive ketones (excluding diaryl/α,β-unsaturated/α-hetero) is 3. The van der Waals surface area contributed by atoms with Gasteiger partial charge in [0.15, 0.2) is 33.6 Å². The maximum atomic E-state index is 14.2. The maximum absolute atomic E-state index is 14.2. The molecule has 0 spiro atoms. The standard InChI is InChI=1S/C66H68O6S3/c1-65(2,3)36-35-42(24-33-54(68)45-27-30-51-60(38-45)74-57-17-11-8-14-48(57)63(51)71)20-19-41(23-32-53(67)44-26-29-50-59(37-44)73-56-16-10-7-13-47(56)62(50)70)21-22-43(40-66(4,5)6)25-34-55(69)46-28-31-52-61(39-46)75-58-18-12-9-15-49(58)64(52)72/h7-18,26-31,37-39,41-43H,19-25,32-36,40H2,1-6H3. The van der Waals surface area contributed by atoms with Crippen molar-refractivity contribution in [2.75, 3.05) is 0 Å². The lowest BCUT2D eigenvalue weighted by molar-refractivity contribution is 0.0954. The largest absolute Gasteiger partial charge is 0.294 e. The van der Waals surface area contributed by atoms with Crippen molar-refractivity contribution in [1.29, 1.82) is 0 Å². The molecular formula is C66H68O6S3. The molecule has 0 aliphatic rings. The van der Waals surface area contributed by atoms with Crippen molar-refractivity contribution in [1.82, 2.24) is 0 Å². The van der Waals surface area contributed by atoms with Crippen LogP contribution >= 0.6 is 34.0 Å². The Morgan fingerprint density at radius 3 is 1.01 bits per heavy atom. The Hall–Kier alpha value is -6.00. The van der Waals surface area contributed by atoms with Gasteiger partial charge in [0.05, 0.1) is 0 Å². The summed E-state index contributed by atoms with van der Waals surface area (Å²) in [6.45, 7) is 13.6. The second-order valence-electron chi connectivity index (χ2n) is 23.4. The minimum absolute atomic E-state index is 0.00420. The number of benzene rings is 6. The van der Waals surface area contributed by atoms with Crippen LogP contribution in [-0.2, 0) is 0 Å². The maximum Gasteiger partial charge on any atom is 0.195 e. The lowest BCUT2D eigenvalue weighted by Crippen LogP contribution is -2.17. The summed E-state index contributed by atoms with van der Waals surface area (Å²) in [5, 5.41) is 4.02. The molecule has 0 amide bonds. The van der Waals surface area contributed by atoms with Crippen molar-refractivity contribution >= 4 is 112 Å². The van der Waals surface area contributed by atoms with Crippen molar-refractivity contribution < 1.29 is 14.4 Å². The van der Waals surface area contributed by atoms with E-state index in [1.807, 2.05) is 127 Å². The molecule has 9 heteroatoms. The Bertz CT molecular complexity index is 3790. The van der Waals surface area contributed by atoms with Crippen LogP contribution in [0.5, 0.6) is 0 Å². The zero-order valence-corrected chi connectivity index (χ0v) is 46.7. The molecule has 0 aliphatic carbocycles. The summed E-state index contributed by atoms with van der Waals surface area (Å²) in [4.78, 5) is 82.2. The fourth-order valence-corrected chi connectivity index (χ4v) is 14.4. The van der Waals surface area contributed by atoms with E-state index in [0.29, 0.717) is 80.1 Å². The van der Waals surface area contributed by atoms with E-state index < -0.39 is 0 Å². The fourth-order valence-electron chi connectivity index (χ4n) is 11.0. The predicted octanol–water partition coefficient (Wildman–Crippen LogP) is 17.8. The highest BCUT2D eigenvalue weighted by Gasteiger charge is 2.25. The van der Waals surface area contributed by atoms with Crippen molar-refractivity contribution in [3.05, 3.63) is 175 Å². The second kappa shape index (κ2) is 23.1. The van der Waals surface area contributed by atoms with Gasteiger partial charge in [0.25, 0.3) is 0 Å². The average molecular weight is 1050 g/mol. The third-order valence-corrected chi connectivity index (χ3v) is 18.6. The van der Waals surface area contributed by atoms with E-state index >= 15 is 0 Å². The molecule has 0 saturated heterocycles. The van der Waals surface area contributed by atoms with Crippen LogP contribution in [0.2, 0.25) is 0 Å². The molecule has 3 aromatic heterocycles. The van der Waals surface area contributed by atoms with E-state index in [-0.39, 0.29) is 50.4 Å². The first-order valence-electron chi connectivity index (χ1n) is 26.8. The number of fused-ring (bicyclic) bond motifs is 6. The Morgan fingerprint density at radius 1 is 0.360 bits per heavy atom. The van der Waals surface area contributed by atoms with Gasteiger partial charge in [0, 0.05) is 96.5 Å². The Labute approximate surface area is 451 Å². The summed E-state index contributed by atoms with van der Waals surface area (Å²) in [6.07, 6.45) is 10.2. The minimum atomic E-state index is -0.0127. The van der Waals surface area contributed by atoms with Crippen LogP contribution in [0, 0.1) is 28.6 Å². The number of ketones is 3. The van der Waals surface area contributed by atoms with Crippen molar-refractivity contribution in [3.63, 3.8) is 0 Å². The van der Waals surface area contributed by atoms with Crippen LogP contribution in [0.1, 0.15) is 156 Å². The van der Waals surface area contributed by atoms with Gasteiger partial charge in [-0.3, -0.25) is 28.8 Å². The molecule has 3 heterocycles. The molecule has 386 valence electrons. The van der Waals surface area contributed by atoms with Gasteiger partial charge in [-0.2, -0.15) is 0 Å². The molecule has 0 bridgehead atoms. The number of rotatable bonds is 21. The van der Waals surface area contributed by atoms with E-state index in [1.54, 1.807) is 34.0 Å². The molecule has 9 rings (SSSR count). The van der Waals surface area contributed by atoms with Crippen molar-refractivity contribution in [2.45, 2.75) is 125 Å². The van der Waals surface area contributed by atoms with E-state index in [1.165, 1.54) is 0 Å². The molecule has 3 unspecified atom stereocenters. The van der Waals surface area contributed by atoms with Crippen molar-refractivity contribution in [3.8, 4) is 0 Å². The van der Waals surface area contributed by atoms with Crippen molar-refractivity contribution in [2.24, 2.45) is 28.6 Å². The lowest BCUT2D eigenvalue weighted by Gasteiger charge is -2.28. The van der Waals surface area contributed by atoms with E-state index in [2.05, 4.69) is 41.5 Å². The molecule has 0 aliphatic heterocycles. The molecule has 0 saturated carbocycles. The SMILES string of the molecule is CC(C)(C)CCC(CCC(=O)c1ccc2c(=O)c3ccccc3sc2c1)CCC(CCC(=O)c1ccc2c(=O)c3ccccc3sc2c1)CCC(CCC(=O)c1ccc2c(=O)c3ccccc3sc2c1)CC(C)(C)C. The Morgan fingerprint density at radius 2 is 0.667 bits per heavy atom. The first-order valence-corrected chi connectivity index (χ1v) is 29.3. The molecule has 0 fully saturated rings. The normalized spacial score (nSPS) is 13.5.